The zero-order valence-electron chi connectivity index (χ0n) is 14.7. The van der Waals surface area contributed by atoms with Crippen molar-refractivity contribution in [1.29, 1.82) is 0 Å². The number of anilines is 1. The molecule has 0 aromatic heterocycles. The second-order valence-corrected chi connectivity index (χ2v) is 6.07. The minimum atomic E-state index is -0.239. The van der Waals surface area contributed by atoms with Gasteiger partial charge in [0.25, 0.3) is 0 Å². The number of piperidine rings is 1. The largest absolute Gasteiger partial charge is 0.466 e. The number of amides is 3. The number of nitrogens with one attached hydrogen (secondary N) is 2. The van der Waals surface area contributed by atoms with Crippen LogP contribution in [0.25, 0.3) is 0 Å². The van der Waals surface area contributed by atoms with Crippen LogP contribution >= 0.6 is 0 Å². The van der Waals surface area contributed by atoms with E-state index in [2.05, 4.69) is 10.6 Å². The average molecular weight is 347 g/mol. The maximum Gasteiger partial charge on any atom is 0.317 e. The molecule has 2 rings (SSSR count). The lowest BCUT2D eigenvalue weighted by molar-refractivity contribution is -0.149. The number of hydrogen-bond donors (Lipinski definition) is 2. The Kier molecular flexibility index (Phi) is 6.80. The van der Waals surface area contributed by atoms with E-state index in [0.717, 1.165) is 24.1 Å². The summed E-state index contributed by atoms with van der Waals surface area (Å²) in [4.78, 5) is 36.8. The Hall–Kier alpha value is -2.57. The summed E-state index contributed by atoms with van der Waals surface area (Å²) in [7, 11) is 0. The summed E-state index contributed by atoms with van der Waals surface area (Å²) in [6, 6.07) is 7.10. The van der Waals surface area contributed by atoms with Gasteiger partial charge in [-0.05, 0) is 37.5 Å². The molecule has 1 aliphatic heterocycles. The molecule has 1 aromatic carbocycles. The Bertz CT molecular complexity index is 615. The molecule has 2 N–H and O–H groups in total. The molecule has 7 heteroatoms. The zero-order chi connectivity index (χ0) is 18.2. The predicted octanol–water partition coefficient (Wildman–Crippen LogP) is 2.13. The van der Waals surface area contributed by atoms with E-state index in [0.29, 0.717) is 26.2 Å². The Balaban J connectivity index is 1.83. The third kappa shape index (κ3) is 5.77. The third-order valence-electron chi connectivity index (χ3n) is 4.05. The van der Waals surface area contributed by atoms with Gasteiger partial charge in [-0.1, -0.05) is 12.1 Å². The molecular formula is C18H25N3O4. The van der Waals surface area contributed by atoms with Crippen molar-refractivity contribution in [3.63, 3.8) is 0 Å². The van der Waals surface area contributed by atoms with E-state index < -0.39 is 0 Å². The van der Waals surface area contributed by atoms with Gasteiger partial charge in [-0.15, -0.1) is 0 Å². The smallest absolute Gasteiger partial charge is 0.317 e. The summed E-state index contributed by atoms with van der Waals surface area (Å²) in [5, 5.41) is 5.56. The lowest BCUT2D eigenvalue weighted by Crippen LogP contribution is -2.47. The van der Waals surface area contributed by atoms with Crippen molar-refractivity contribution in [2.75, 3.05) is 25.0 Å². The fourth-order valence-electron chi connectivity index (χ4n) is 2.81. The van der Waals surface area contributed by atoms with Gasteiger partial charge < -0.3 is 20.3 Å². The number of carbonyl (C=O) groups excluding carboxylic acids is 3. The van der Waals surface area contributed by atoms with Crippen LogP contribution in [0.4, 0.5) is 10.5 Å². The lowest BCUT2D eigenvalue weighted by atomic mass is 9.98. The van der Waals surface area contributed by atoms with Gasteiger partial charge in [-0.3, -0.25) is 9.59 Å². The molecule has 1 atom stereocenters. The van der Waals surface area contributed by atoms with Crippen molar-refractivity contribution >= 4 is 23.6 Å². The van der Waals surface area contributed by atoms with E-state index in [-0.39, 0.29) is 23.8 Å². The Labute approximate surface area is 147 Å². The van der Waals surface area contributed by atoms with Crippen LogP contribution in [0.1, 0.15) is 32.3 Å². The summed E-state index contributed by atoms with van der Waals surface area (Å²) in [6.45, 7) is 5.02. The first kappa shape index (κ1) is 18.8. The van der Waals surface area contributed by atoms with Crippen LogP contribution in [0.15, 0.2) is 24.3 Å². The summed E-state index contributed by atoms with van der Waals surface area (Å²) in [5.41, 5.74) is 1.65. The second kappa shape index (κ2) is 9.05. The van der Waals surface area contributed by atoms with Crippen molar-refractivity contribution in [2.24, 2.45) is 5.92 Å². The van der Waals surface area contributed by atoms with E-state index in [1.165, 1.54) is 6.92 Å². The van der Waals surface area contributed by atoms with Gasteiger partial charge in [-0.25, -0.2) is 4.79 Å². The molecule has 0 unspecified atom stereocenters. The highest BCUT2D eigenvalue weighted by Crippen LogP contribution is 2.18. The van der Waals surface area contributed by atoms with Crippen molar-refractivity contribution < 1.29 is 19.1 Å². The molecule has 0 radical (unpaired) electrons. The van der Waals surface area contributed by atoms with Crippen molar-refractivity contribution in [3.05, 3.63) is 29.8 Å². The normalized spacial score (nSPS) is 16.9. The van der Waals surface area contributed by atoms with Gasteiger partial charge in [0.15, 0.2) is 0 Å². The van der Waals surface area contributed by atoms with Gasteiger partial charge >= 0.3 is 12.0 Å². The number of nitrogens with zero attached hydrogens (tertiary/aromatic N) is 1. The van der Waals surface area contributed by atoms with Gasteiger partial charge in [0, 0.05) is 32.2 Å². The van der Waals surface area contributed by atoms with E-state index >= 15 is 0 Å². The zero-order valence-corrected chi connectivity index (χ0v) is 14.7. The Morgan fingerprint density at radius 2 is 1.96 bits per heavy atom. The fourth-order valence-corrected chi connectivity index (χ4v) is 2.81. The van der Waals surface area contributed by atoms with Crippen LogP contribution in [0.2, 0.25) is 0 Å². The maximum absolute atomic E-state index is 12.3. The number of urea groups is 1. The first-order chi connectivity index (χ1) is 12.0. The molecule has 0 bridgehead atoms. The number of benzene rings is 1. The van der Waals surface area contributed by atoms with E-state index in [1.54, 1.807) is 24.0 Å². The Morgan fingerprint density at radius 3 is 2.60 bits per heavy atom. The van der Waals surface area contributed by atoms with Crippen LogP contribution in [-0.4, -0.2) is 42.5 Å². The van der Waals surface area contributed by atoms with E-state index in [4.69, 9.17) is 4.74 Å². The monoisotopic (exact) mass is 347 g/mol. The molecule has 1 aromatic rings. The van der Waals surface area contributed by atoms with Gasteiger partial charge in [-0.2, -0.15) is 0 Å². The topological polar surface area (TPSA) is 87.7 Å². The number of carbonyl (C=O) groups is 3. The molecule has 1 aliphatic rings. The summed E-state index contributed by atoms with van der Waals surface area (Å²) < 4.78 is 5.05. The van der Waals surface area contributed by atoms with Crippen LogP contribution in [0.5, 0.6) is 0 Å². The number of ether oxygens (including phenoxy) is 1. The minimum absolute atomic E-state index is 0.123. The van der Waals surface area contributed by atoms with E-state index in [1.807, 2.05) is 12.1 Å². The van der Waals surface area contributed by atoms with Crippen LogP contribution < -0.4 is 10.6 Å². The highest BCUT2D eigenvalue weighted by Gasteiger charge is 2.29. The lowest BCUT2D eigenvalue weighted by Gasteiger charge is -2.31. The van der Waals surface area contributed by atoms with Crippen molar-refractivity contribution in [3.8, 4) is 0 Å². The minimum Gasteiger partial charge on any atom is -0.466 e. The molecule has 7 nitrogen and oxygen atoms in total. The number of likely N-dealkylation sites (tertiary alicyclic amines) is 1. The van der Waals surface area contributed by atoms with Gasteiger partial charge in [0.05, 0.1) is 12.5 Å². The molecule has 25 heavy (non-hydrogen) atoms. The first-order valence-electron chi connectivity index (χ1n) is 8.55. The van der Waals surface area contributed by atoms with Crippen LogP contribution in [0, 0.1) is 5.92 Å². The van der Waals surface area contributed by atoms with Crippen molar-refractivity contribution in [2.45, 2.75) is 33.2 Å². The first-order valence-corrected chi connectivity index (χ1v) is 8.55. The SMILES string of the molecule is CCOC(=O)[C@H]1CCCN(C(=O)NCc2ccc(NC(C)=O)cc2)C1. The quantitative estimate of drug-likeness (QED) is 0.799. The number of hydrogen-bond acceptors (Lipinski definition) is 4. The molecule has 0 saturated carbocycles. The number of rotatable bonds is 5. The predicted molar refractivity (Wildman–Crippen MR) is 93.9 cm³/mol. The molecule has 136 valence electrons. The molecular weight excluding hydrogens is 322 g/mol. The number of esters is 1. The molecule has 0 spiro atoms. The highest BCUT2D eigenvalue weighted by atomic mass is 16.5. The third-order valence-corrected chi connectivity index (χ3v) is 4.05. The van der Waals surface area contributed by atoms with Gasteiger partial charge in [0.2, 0.25) is 5.91 Å². The molecule has 3 amide bonds. The summed E-state index contributed by atoms with van der Waals surface area (Å²) in [5.74, 6) is -0.591. The fraction of sp³-hybridized carbons (Fsp3) is 0.500. The van der Waals surface area contributed by atoms with Crippen LogP contribution in [-0.2, 0) is 20.9 Å². The van der Waals surface area contributed by atoms with Gasteiger partial charge in [0.1, 0.15) is 0 Å². The van der Waals surface area contributed by atoms with Crippen molar-refractivity contribution in [1.82, 2.24) is 10.2 Å². The highest BCUT2D eigenvalue weighted by molar-refractivity contribution is 5.88. The summed E-state index contributed by atoms with van der Waals surface area (Å²) >= 11 is 0. The summed E-state index contributed by atoms with van der Waals surface area (Å²) in [6.07, 6.45) is 1.55. The average Bonchev–Trinajstić information content (AvgIpc) is 2.60. The standard InChI is InChI=1S/C18H25N3O4/c1-3-25-17(23)15-5-4-10-21(12-15)18(24)19-11-14-6-8-16(9-7-14)20-13(2)22/h6-9,15H,3-5,10-12H2,1-2H3,(H,19,24)(H,20,22)/t15-/m0/s1. The van der Waals surface area contributed by atoms with Crippen LogP contribution in [0.3, 0.4) is 0 Å². The van der Waals surface area contributed by atoms with E-state index in [9.17, 15) is 14.4 Å². The second-order valence-electron chi connectivity index (χ2n) is 6.07. The molecule has 1 heterocycles. The maximum atomic E-state index is 12.3. The molecule has 0 aliphatic carbocycles. The molecule has 1 saturated heterocycles. The molecule has 1 fully saturated rings. The Morgan fingerprint density at radius 1 is 1.24 bits per heavy atom.